The van der Waals surface area contributed by atoms with Crippen LogP contribution in [0.3, 0.4) is 0 Å². The predicted octanol–water partition coefficient (Wildman–Crippen LogP) is 1.26. The van der Waals surface area contributed by atoms with E-state index in [4.69, 9.17) is 17.3 Å². The summed E-state index contributed by atoms with van der Waals surface area (Å²) in [5.74, 6) is 0.161. The van der Waals surface area contributed by atoms with Crippen LogP contribution in [0.1, 0.15) is 5.56 Å². The SMILES string of the molecule is Cc1cnc(Cl)nc1Sc1nc(N)cc(=O)[nH]1. The van der Waals surface area contributed by atoms with Crippen molar-refractivity contribution in [1.29, 1.82) is 0 Å². The van der Waals surface area contributed by atoms with Gasteiger partial charge in [-0.2, -0.15) is 0 Å². The third-order valence-corrected chi connectivity index (χ3v) is 3.00. The fourth-order valence-corrected chi connectivity index (χ4v) is 2.12. The largest absolute Gasteiger partial charge is 0.383 e. The zero-order valence-corrected chi connectivity index (χ0v) is 10.3. The lowest BCUT2D eigenvalue weighted by Gasteiger charge is -2.03. The lowest BCUT2D eigenvalue weighted by Crippen LogP contribution is -2.09. The van der Waals surface area contributed by atoms with Crippen molar-refractivity contribution >= 4 is 29.2 Å². The Bertz CT molecular complexity index is 615. The number of rotatable bonds is 2. The monoisotopic (exact) mass is 269 g/mol. The number of hydrogen-bond acceptors (Lipinski definition) is 6. The Morgan fingerprint density at radius 3 is 2.94 bits per heavy atom. The summed E-state index contributed by atoms with van der Waals surface area (Å²) >= 11 is 6.87. The third kappa shape index (κ3) is 2.95. The van der Waals surface area contributed by atoms with Gasteiger partial charge in [-0.15, -0.1) is 0 Å². The smallest absolute Gasteiger partial charge is 0.253 e. The molecule has 8 heteroatoms. The topological polar surface area (TPSA) is 97.5 Å². The zero-order chi connectivity index (χ0) is 12.4. The van der Waals surface area contributed by atoms with E-state index in [0.29, 0.717) is 10.2 Å². The average molecular weight is 270 g/mol. The minimum atomic E-state index is -0.308. The van der Waals surface area contributed by atoms with E-state index in [1.807, 2.05) is 6.92 Å². The molecule has 0 saturated heterocycles. The van der Waals surface area contributed by atoms with E-state index >= 15 is 0 Å². The molecule has 0 unspecified atom stereocenters. The molecule has 0 aliphatic carbocycles. The highest BCUT2D eigenvalue weighted by atomic mass is 35.5. The van der Waals surface area contributed by atoms with E-state index in [9.17, 15) is 4.79 Å². The van der Waals surface area contributed by atoms with Gasteiger partial charge in [-0.25, -0.2) is 15.0 Å². The number of nitrogens with two attached hydrogens (primary N) is 1. The Kier molecular flexibility index (Phi) is 3.30. The first kappa shape index (κ1) is 11.9. The number of nitrogens with zero attached hydrogens (tertiary/aromatic N) is 3. The molecular weight excluding hydrogens is 262 g/mol. The van der Waals surface area contributed by atoms with Crippen LogP contribution >= 0.6 is 23.4 Å². The maximum atomic E-state index is 11.2. The molecule has 0 amide bonds. The van der Waals surface area contributed by atoms with Crippen LogP contribution in [0.25, 0.3) is 0 Å². The van der Waals surface area contributed by atoms with Gasteiger partial charge in [-0.05, 0) is 30.3 Å². The van der Waals surface area contributed by atoms with Crippen LogP contribution in [-0.4, -0.2) is 19.9 Å². The van der Waals surface area contributed by atoms with Crippen molar-refractivity contribution in [1.82, 2.24) is 19.9 Å². The van der Waals surface area contributed by atoms with Crippen molar-refractivity contribution in [3.8, 4) is 0 Å². The number of nitrogen functional groups attached to an aromatic ring is 1. The molecule has 17 heavy (non-hydrogen) atoms. The van der Waals surface area contributed by atoms with Gasteiger partial charge >= 0.3 is 0 Å². The standard InChI is InChI=1S/C9H8ClN5OS/c1-4-3-12-8(10)15-7(4)17-9-13-5(11)2-6(16)14-9/h2-3H,1H3,(H3,11,13,14,16). The highest BCUT2D eigenvalue weighted by molar-refractivity contribution is 7.99. The van der Waals surface area contributed by atoms with E-state index in [1.54, 1.807) is 6.20 Å². The fourth-order valence-electron chi connectivity index (χ4n) is 1.10. The van der Waals surface area contributed by atoms with Gasteiger partial charge in [0, 0.05) is 17.8 Å². The van der Waals surface area contributed by atoms with Gasteiger partial charge in [0.25, 0.3) is 5.56 Å². The van der Waals surface area contributed by atoms with Gasteiger partial charge in [-0.1, -0.05) is 0 Å². The van der Waals surface area contributed by atoms with Crippen LogP contribution in [0, 0.1) is 6.92 Å². The molecule has 2 rings (SSSR count). The molecule has 0 spiro atoms. The molecule has 0 atom stereocenters. The second-order valence-electron chi connectivity index (χ2n) is 3.20. The van der Waals surface area contributed by atoms with Crippen molar-refractivity contribution in [2.45, 2.75) is 17.1 Å². The van der Waals surface area contributed by atoms with Crippen LogP contribution in [-0.2, 0) is 0 Å². The highest BCUT2D eigenvalue weighted by Gasteiger charge is 2.07. The Morgan fingerprint density at radius 2 is 2.24 bits per heavy atom. The summed E-state index contributed by atoms with van der Waals surface area (Å²) in [5, 5.41) is 1.14. The molecule has 0 aliphatic rings. The molecule has 6 nitrogen and oxygen atoms in total. The predicted molar refractivity (Wildman–Crippen MR) is 65.2 cm³/mol. The first-order valence-electron chi connectivity index (χ1n) is 4.58. The molecule has 0 aromatic carbocycles. The molecule has 0 fully saturated rings. The average Bonchev–Trinajstić information content (AvgIpc) is 2.22. The van der Waals surface area contributed by atoms with Gasteiger partial charge in [-0.3, -0.25) is 4.79 Å². The summed E-state index contributed by atoms with van der Waals surface area (Å²) in [7, 11) is 0. The maximum Gasteiger partial charge on any atom is 0.253 e. The van der Waals surface area contributed by atoms with Crippen molar-refractivity contribution in [2.24, 2.45) is 0 Å². The maximum absolute atomic E-state index is 11.2. The summed E-state index contributed by atoms with van der Waals surface area (Å²) in [4.78, 5) is 25.6. The number of aromatic amines is 1. The van der Waals surface area contributed by atoms with Gasteiger partial charge < -0.3 is 10.7 Å². The molecule has 2 aromatic rings. The van der Waals surface area contributed by atoms with Crippen molar-refractivity contribution < 1.29 is 0 Å². The summed E-state index contributed by atoms with van der Waals surface area (Å²) < 4.78 is 0. The van der Waals surface area contributed by atoms with Gasteiger partial charge in [0.1, 0.15) is 10.8 Å². The Morgan fingerprint density at radius 1 is 1.47 bits per heavy atom. The molecule has 0 bridgehead atoms. The van der Waals surface area contributed by atoms with Crippen molar-refractivity contribution in [3.05, 3.63) is 33.5 Å². The van der Waals surface area contributed by atoms with Crippen molar-refractivity contribution in [3.63, 3.8) is 0 Å². The lowest BCUT2D eigenvalue weighted by molar-refractivity contribution is 0.931. The Hall–Kier alpha value is -1.60. The van der Waals surface area contributed by atoms with Gasteiger partial charge in [0.05, 0.1) is 0 Å². The molecular formula is C9H8ClN5OS. The van der Waals surface area contributed by atoms with Crippen LogP contribution in [0.2, 0.25) is 5.28 Å². The third-order valence-electron chi connectivity index (χ3n) is 1.83. The number of H-pyrrole nitrogens is 1. The Balaban J connectivity index is 2.37. The molecule has 0 radical (unpaired) electrons. The summed E-state index contributed by atoms with van der Waals surface area (Å²) in [5.41, 5.74) is 6.01. The van der Waals surface area contributed by atoms with E-state index in [2.05, 4.69) is 19.9 Å². The van der Waals surface area contributed by atoms with Crippen LogP contribution in [0.5, 0.6) is 0 Å². The number of aromatic nitrogens is 4. The molecule has 3 N–H and O–H groups in total. The van der Waals surface area contributed by atoms with E-state index < -0.39 is 0 Å². The second-order valence-corrected chi connectivity index (χ2v) is 4.52. The van der Waals surface area contributed by atoms with E-state index in [-0.39, 0.29) is 16.7 Å². The number of halogens is 1. The van der Waals surface area contributed by atoms with Crippen LogP contribution in [0.4, 0.5) is 5.82 Å². The summed E-state index contributed by atoms with van der Waals surface area (Å²) in [6.45, 7) is 1.84. The second kappa shape index (κ2) is 4.72. The first-order valence-corrected chi connectivity index (χ1v) is 5.78. The van der Waals surface area contributed by atoms with Crippen LogP contribution < -0.4 is 11.3 Å². The Labute approximate surface area is 106 Å². The summed E-state index contributed by atoms with van der Waals surface area (Å²) in [6, 6.07) is 1.21. The molecule has 88 valence electrons. The fraction of sp³-hybridized carbons (Fsp3) is 0.111. The normalized spacial score (nSPS) is 10.5. The zero-order valence-electron chi connectivity index (χ0n) is 8.77. The number of aryl methyl sites for hydroxylation is 1. The number of nitrogens with one attached hydrogen (secondary N) is 1. The lowest BCUT2D eigenvalue weighted by atomic mass is 10.4. The van der Waals surface area contributed by atoms with Crippen molar-refractivity contribution in [2.75, 3.05) is 5.73 Å². The van der Waals surface area contributed by atoms with E-state index in [1.165, 1.54) is 17.8 Å². The minimum absolute atomic E-state index is 0.143. The number of hydrogen-bond donors (Lipinski definition) is 2. The highest BCUT2D eigenvalue weighted by Crippen LogP contribution is 2.25. The quantitative estimate of drug-likeness (QED) is 0.629. The number of anilines is 1. The molecule has 0 aliphatic heterocycles. The molecule has 2 aromatic heterocycles. The van der Waals surface area contributed by atoms with Gasteiger partial charge in [0.2, 0.25) is 5.28 Å². The summed E-state index contributed by atoms with van der Waals surface area (Å²) in [6.07, 6.45) is 1.60. The van der Waals surface area contributed by atoms with E-state index in [0.717, 1.165) is 5.56 Å². The molecule has 2 heterocycles. The van der Waals surface area contributed by atoms with Gasteiger partial charge in [0.15, 0.2) is 5.16 Å². The first-order chi connectivity index (χ1) is 8.04. The van der Waals surface area contributed by atoms with Crippen LogP contribution in [0.15, 0.2) is 27.2 Å². The minimum Gasteiger partial charge on any atom is -0.383 e. The molecule has 0 saturated carbocycles.